The molecular weight excluding hydrogens is 178 g/mol. The summed E-state index contributed by atoms with van der Waals surface area (Å²) < 4.78 is 4.74. The Labute approximate surface area is 75.8 Å². The number of hydrogen-bond acceptors (Lipinski definition) is 5. The molecule has 0 bridgehead atoms. The molecule has 1 aliphatic heterocycles. The van der Waals surface area contributed by atoms with E-state index in [9.17, 15) is 15.3 Å². The topological polar surface area (TPSA) is 102 Å². The zero-order valence-corrected chi connectivity index (χ0v) is 7.25. The van der Waals surface area contributed by atoms with Crippen LogP contribution in [0.2, 0.25) is 0 Å². The van der Waals surface area contributed by atoms with Crippen molar-refractivity contribution in [3.8, 4) is 0 Å². The van der Waals surface area contributed by atoms with Gasteiger partial charge < -0.3 is 25.4 Å². The Morgan fingerprint density at radius 3 is 2.46 bits per heavy atom. The summed E-state index contributed by atoms with van der Waals surface area (Å²) in [4.78, 5) is 0. The van der Waals surface area contributed by atoms with Gasteiger partial charge in [-0.3, -0.25) is 0 Å². The first-order chi connectivity index (χ1) is 6.11. The first-order valence-corrected chi connectivity index (χ1v) is 4.07. The highest BCUT2D eigenvalue weighted by Gasteiger charge is 2.43. The smallest absolute Gasteiger partial charge is 0.209 e. The largest absolute Gasteiger partial charge is 0.394 e. The van der Waals surface area contributed by atoms with Crippen LogP contribution in [0.15, 0.2) is 0 Å². The number of hydrogen-bond donors (Lipinski definition) is 4. The van der Waals surface area contributed by atoms with Crippen LogP contribution in [0.5, 0.6) is 0 Å². The van der Waals surface area contributed by atoms with E-state index >= 15 is 0 Å². The molecule has 0 aromatic carbocycles. The fourth-order valence-corrected chi connectivity index (χ4v) is 1.39. The Morgan fingerprint density at radius 1 is 1.38 bits per heavy atom. The molecule has 1 rings (SSSR count). The molecule has 13 heavy (non-hydrogen) atoms. The summed E-state index contributed by atoms with van der Waals surface area (Å²) in [6, 6.07) is -0.849. The van der Waals surface area contributed by atoms with Gasteiger partial charge in [0.05, 0.1) is 12.6 Å². The van der Waals surface area contributed by atoms with Gasteiger partial charge in [-0.2, -0.15) is 5.11 Å². The molecule has 4 N–H and O–H groups in total. The van der Waals surface area contributed by atoms with Gasteiger partial charge in [0.15, 0.2) is 0 Å². The van der Waals surface area contributed by atoms with Crippen LogP contribution < -0.4 is 5.32 Å². The fraction of sp³-hybridized carbons (Fsp3) is 1.00. The Kier molecular flexibility index (Phi) is 3.60. The molecule has 1 aliphatic rings. The summed E-state index contributed by atoms with van der Waals surface area (Å²) in [6.45, 7) is -0.479. The van der Waals surface area contributed by atoms with Crippen LogP contribution in [0, 0.1) is 0 Å². The van der Waals surface area contributed by atoms with Crippen molar-refractivity contribution in [2.24, 2.45) is 0 Å². The first kappa shape index (κ1) is 10.8. The number of aliphatic hydroxyl groups excluding tert-OH is 3. The van der Waals surface area contributed by atoms with Crippen molar-refractivity contribution in [1.82, 2.24) is 5.32 Å². The van der Waals surface area contributed by atoms with Gasteiger partial charge in [0.2, 0.25) is 6.29 Å². The minimum atomic E-state index is -1.47. The lowest BCUT2D eigenvalue weighted by Crippen LogP contribution is -2.62. The van der Waals surface area contributed by atoms with E-state index in [2.05, 4.69) is 5.32 Å². The van der Waals surface area contributed by atoms with Crippen LogP contribution in [-0.2, 0) is 9.84 Å². The van der Waals surface area contributed by atoms with Gasteiger partial charge in [-0.25, -0.2) is 0 Å². The average Bonchev–Trinajstić information content (AvgIpc) is 2.12. The van der Waals surface area contributed by atoms with E-state index in [4.69, 9.17) is 9.84 Å². The molecular formula is C7H14NO5. The van der Waals surface area contributed by atoms with Gasteiger partial charge in [0.25, 0.3) is 0 Å². The van der Waals surface area contributed by atoms with E-state index in [1.54, 1.807) is 0 Å². The van der Waals surface area contributed by atoms with E-state index in [-0.39, 0.29) is 0 Å². The normalized spacial score (nSPS) is 46.4. The highest BCUT2D eigenvalue weighted by atomic mass is 16.6. The standard InChI is InChI=1S/C7H14NO5/c1-8-4-6(11)5(10)3(2-9)13-7(4)12/h3-11H,2H2,1H3/t3?,4?,5-,6+,7-/m1/s1. The summed E-state index contributed by atoms with van der Waals surface area (Å²) in [5.74, 6) is 0. The molecule has 77 valence electrons. The van der Waals surface area contributed by atoms with E-state index in [0.29, 0.717) is 0 Å². The van der Waals surface area contributed by atoms with Gasteiger partial charge in [-0.1, -0.05) is 0 Å². The number of nitrogens with one attached hydrogen (secondary N) is 1. The summed E-state index contributed by atoms with van der Waals surface area (Å²) in [7, 11) is 1.49. The molecule has 0 aromatic rings. The van der Waals surface area contributed by atoms with E-state index in [1.807, 2.05) is 0 Å². The quantitative estimate of drug-likeness (QED) is 0.385. The molecule has 0 spiro atoms. The second-order valence-corrected chi connectivity index (χ2v) is 3.02. The molecule has 0 aromatic heterocycles. The minimum absolute atomic E-state index is 0.479. The molecule has 0 amide bonds. The molecule has 6 heteroatoms. The van der Waals surface area contributed by atoms with Crippen molar-refractivity contribution in [2.75, 3.05) is 13.7 Å². The highest BCUT2D eigenvalue weighted by Crippen LogP contribution is 2.19. The molecule has 1 saturated heterocycles. The van der Waals surface area contributed by atoms with E-state index < -0.39 is 37.3 Å². The molecule has 1 heterocycles. The number of ether oxygens (including phenoxy) is 1. The Balaban J connectivity index is 2.66. The summed E-state index contributed by atoms with van der Waals surface area (Å²) in [6.07, 6.45) is -4.91. The average molecular weight is 192 g/mol. The van der Waals surface area contributed by atoms with Gasteiger partial charge in [-0.05, 0) is 7.05 Å². The summed E-state index contributed by atoms with van der Waals surface area (Å²) >= 11 is 0. The van der Waals surface area contributed by atoms with Crippen molar-refractivity contribution in [3.63, 3.8) is 0 Å². The van der Waals surface area contributed by atoms with Crippen LogP contribution in [-0.4, -0.2) is 59.6 Å². The third-order valence-electron chi connectivity index (χ3n) is 2.21. The predicted molar refractivity (Wildman–Crippen MR) is 41.3 cm³/mol. The molecule has 1 fully saturated rings. The van der Waals surface area contributed by atoms with E-state index in [0.717, 1.165) is 0 Å². The summed E-state index contributed by atoms with van der Waals surface area (Å²) in [5.41, 5.74) is 0. The SMILES string of the molecule is CNC1[C@H]([O])OC(CO)[C@@H](O)[C@H]1O. The zero-order chi connectivity index (χ0) is 10.0. The van der Waals surface area contributed by atoms with Crippen molar-refractivity contribution in [2.45, 2.75) is 30.6 Å². The zero-order valence-electron chi connectivity index (χ0n) is 7.25. The van der Waals surface area contributed by atoms with Crippen LogP contribution in [0.3, 0.4) is 0 Å². The predicted octanol–water partition coefficient (Wildman–Crippen LogP) is -2.56. The fourth-order valence-electron chi connectivity index (χ4n) is 1.39. The van der Waals surface area contributed by atoms with Gasteiger partial charge in [0, 0.05) is 0 Å². The van der Waals surface area contributed by atoms with Crippen molar-refractivity contribution in [1.29, 1.82) is 0 Å². The van der Waals surface area contributed by atoms with Crippen LogP contribution in [0.25, 0.3) is 0 Å². The molecule has 1 radical (unpaired) electrons. The molecule has 2 unspecified atom stereocenters. The Morgan fingerprint density at radius 2 is 2.00 bits per heavy atom. The van der Waals surface area contributed by atoms with Crippen LogP contribution in [0.1, 0.15) is 0 Å². The second-order valence-electron chi connectivity index (χ2n) is 3.02. The molecule has 0 saturated carbocycles. The molecule has 6 nitrogen and oxygen atoms in total. The molecule has 0 aliphatic carbocycles. The number of likely N-dealkylation sites (N-methyl/N-ethyl adjacent to an activating group) is 1. The van der Waals surface area contributed by atoms with Gasteiger partial charge >= 0.3 is 0 Å². The third kappa shape index (κ3) is 1.98. The monoisotopic (exact) mass is 192 g/mol. The lowest BCUT2D eigenvalue weighted by atomic mass is 9.97. The maximum atomic E-state index is 11.2. The van der Waals surface area contributed by atoms with Crippen molar-refractivity contribution >= 4 is 0 Å². The maximum absolute atomic E-state index is 11.2. The lowest BCUT2D eigenvalue weighted by molar-refractivity contribution is -0.272. The first-order valence-electron chi connectivity index (χ1n) is 4.07. The summed E-state index contributed by atoms with van der Waals surface area (Å²) in [5, 5.41) is 41.2. The van der Waals surface area contributed by atoms with Gasteiger partial charge in [-0.15, -0.1) is 0 Å². The maximum Gasteiger partial charge on any atom is 0.209 e. The highest BCUT2D eigenvalue weighted by molar-refractivity contribution is 4.91. The van der Waals surface area contributed by atoms with E-state index in [1.165, 1.54) is 7.05 Å². The number of aliphatic hydroxyl groups is 3. The number of rotatable bonds is 2. The molecule has 5 atom stereocenters. The van der Waals surface area contributed by atoms with Crippen molar-refractivity contribution < 1.29 is 25.2 Å². The Bertz CT molecular complexity index is 167. The van der Waals surface area contributed by atoms with Gasteiger partial charge in [0.1, 0.15) is 18.3 Å². The van der Waals surface area contributed by atoms with Crippen LogP contribution in [0.4, 0.5) is 0 Å². The second kappa shape index (κ2) is 4.32. The third-order valence-corrected chi connectivity index (χ3v) is 2.21. The Hall–Kier alpha value is -0.240. The lowest BCUT2D eigenvalue weighted by Gasteiger charge is -2.38. The van der Waals surface area contributed by atoms with Crippen molar-refractivity contribution in [3.05, 3.63) is 0 Å². The minimum Gasteiger partial charge on any atom is -0.394 e. The van der Waals surface area contributed by atoms with Crippen LogP contribution >= 0.6 is 0 Å².